The maximum Gasteiger partial charge on any atom is 0.303 e. The molecule has 0 spiro atoms. The van der Waals surface area contributed by atoms with Crippen molar-refractivity contribution in [3.63, 3.8) is 0 Å². The quantitative estimate of drug-likeness (QED) is 0.137. The molecule has 0 radical (unpaired) electrons. The Hall–Kier alpha value is -3.40. The summed E-state index contributed by atoms with van der Waals surface area (Å²) in [4.78, 5) is 40.3. The smallest absolute Gasteiger partial charge is 0.303 e. The number of carbonyl (C=O) groups is 4. The van der Waals surface area contributed by atoms with Gasteiger partial charge in [0.25, 0.3) is 0 Å². The molecule has 1 aromatic carbocycles. The summed E-state index contributed by atoms with van der Waals surface area (Å²) in [6, 6.07) is 9.60. The van der Waals surface area contributed by atoms with Crippen LogP contribution < -0.4 is 0 Å². The predicted molar refractivity (Wildman–Crippen MR) is 307 cm³/mol. The minimum atomic E-state index is -0.328. The Morgan fingerprint density at radius 1 is 0.649 bits per heavy atom. The van der Waals surface area contributed by atoms with Gasteiger partial charge in [-0.25, -0.2) is 0 Å². The summed E-state index contributed by atoms with van der Waals surface area (Å²) in [7, 11) is 3.24. The van der Waals surface area contributed by atoms with Crippen LogP contribution in [0.1, 0.15) is 206 Å². The molecule has 448 valence electrons. The SMILES string of the molecule is CC(=O)OC(C)(C)C.CC(=O)OC(C)C.CC(=O)OCc1ccccc1.CC(C)[C@H](C)OC1CC=CCC1.COC(C)=O.CO[C@@H](C)C12CC3CC(CC(C3)C1)C2.C[C@H]1CCCCO1.C[C@H]1CCCO1.C[C@H]1COCCO1. The molecule has 77 heavy (non-hydrogen) atoms. The maximum atomic E-state index is 10.4. The molecule has 3 heterocycles. The first-order chi connectivity index (χ1) is 36.2. The second kappa shape index (κ2) is 42.5. The highest BCUT2D eigenvalue weighted by atomic mass is 16.6. The first-order valence-electron chi connectivity index (χ1n) is 29.0. The summed E-state index contributed by atoms with van der Waals surface area (Å²) >= 11 is 0. The van der Waals surface area contributed by atoms with Crippen molar-refractivity contribution in [2.24, 2.45) is 29.1 Å². The lowest BCUT2D eigenvalue weighted by Gasteiger charge is -2.58. The van der Waals surface area contributed by atoms with Crippen molar-refractivity contribution in [2.75, 3.05) is 47.3 Å². The van der Waals surface area contributed by atoms with Crippen LogP contribution in [-0.2, 0) is 73.2 Å². The molecule has 14 nitrogen and oxygen atoms in total. The fraction of sp³-hybridized carbons (Fsp3) is 0.810. The zero-order valence-electron chi connectivity index (χ0n) is 51.7. The van der Waals surface area contributed by atoms with Crippen molar-refractivity contribution in [1.29, 1.82) is 0 Å². The van der Waals surface area contributed by atoms with E-state index in [0.29, 0.717) is 54.6 Å². The third-order valence-electron chi connectivity index (χ3n) is 13.8. The molecule has 3 saturated heterocycles. The van der Waals surface area contributed by atoms with Gasteiger partial charge in [0.1, 0.15) is 12.2 Å². The molecule has 14 heteroatoms. The standard InChI is InChI=1S/C13H22O.C11H20O.C9H10O2.C6H12O2.C6H12O.2C5H10O2.C5H10O.C3H6O2/c1-9(14-2)13-6-10-3-11(7-13)5-12(4-10)8-13;1-9(2)10(3)12-11-7-5-4-6-8-11;1-8(10)11-7-9-5-3-2-4-6-9;1-5(7)8-6(2,3)4;1-6-4-2-3-5-7-6;1-5-4-6-2-3-7-5;1-4(2)7-5(3)6;1-5-3-2-4-6-5;1-3(4)5-2/h9-12H,3-8H2,1-2H3;4-5,9-11H,6-8H2,1-3H3;2-6H,7H2,1H3;1-4H3;6H,2-5H2,1H3;5H,2-4H2,1H3;4H,1-3H3;5H,2-4H2,1H3;1-2H3/t9-,10?,11?,12?,13?;10-,11?;;;6-;5-;;5-;/m00..00.0./s1. The van der Waals surface area contributed by atoms with E-state index in [2.05, 4.69) is 63.2 Å². The molecule has 1 aromatic rings. The number of esters is 4. The molecule has 8 aliphatic rings. The van der Waals surface area contributed by atoms with Gasteiger partial charge in [-0.2, -0.15) is 0 Å². The average molecular weight is 1090 g/mol. The van der Waals surface area contributed by atoms with E-state index >= 15 is 0 Å². The van der Waals surface area contributed by atoms with Gasteiger partial charge in [-0.15, -0.1) is 0 Å². The van der Waals surface area contributed by atoms with E-state index in [1.165, 1.54) is 118 Å². The molecule has 1 unspecified atom stereocenters. The van der Waals surface area contributed by atoms with E-state index in [9.17, 15) is 19.2 Å². The van der Waals surface area contributed by atoms with Crippen molar-refractivity contribution in [2.45, 2.75) is 256 Å². The monoisotopic (exact) mass is 1090 g/mol. The largest absolute Gasteiger partial charge is 0.469 e. The summed E-state index contributed by atoms with van der Waals surface area (Å²) < 4.78 is 50.5. The normalized spacial score (nSPS) is 26.0. The second-order valence-corrected chi connectivity index (χ2v) is 23.2. The van der Waals surface area contributed by atoms with Crippen molar-refractivity contribution in [1.82, 2.24) is 0 Å². The lowest BCUT2D eigenvalue weighted by Crippen LogP contribution is -2.51. The van der Waals surface area contributed by atoms with Gasteiger partial charge in [0.05, 0.1) is 69.7 Å². The molecule has 3 aliphatic heterocycles. The number of rotatable bonds is 8. The van der Waals surface area contributed by atoms with Crippen LogP contribution in [-0.4, -0.2) is 119 Å². The second-order valence-electron chi connectivity index (χ2n) is 23.2. The van der Waals surface area contributed by atoms with Gasteiger partial charge < -0.3 is 47.4 Å². The van der Waals surface area contributed by atoms with Crippen LogP contribution in [0, 0.1) is 29.1 Å². The summed E-state index contributed by atoms with van der Waals surface area (Å²) in [5.74, 6) is 2.87. The number of benzene rings is 1. The van der Waals surface area contributed by atoms with Crippen LogP contribution in [0.25, 0.3) is 0 Å². The Morgan fingerprint density at radius 3 is 1.47 bits per heavy atom. The molecule has 5 aliphatic carbocycles. The topological polar surface area (TPSA) is 161 Å². The van der Waals surface area contributed by atoms with Gasteiger partial charge >= 0.3 is 23.9 Å². The van der Waals surface area contributed by atoms with Crippen molar-refractivity contribution < 1.29 is 66.5 Å². The molecule has 4 bridgehead atoms. The molecule has 6 atom stereocenters. The summed E-state index contributed by atoms with van der Waals surface area (Å²) in [6.07, 6.45) is 26.2. The molecule has 0 aromatic heterocycles. The Kier molecular flexibility index (Phi) is 40.6. The zero-order chi connectivity index (χ0) is 58.4. The highest BCUT2D eigenvalue weighted by molar-refractivity contribution is 5.67. The molecule has 4 saturated carbocycles. The number of methoxy groups -OCH3 is 2. The Labute approximate surface area is 468 Å². The molecule has 7 fully saturated rings. The van der Waals surface area contributed by atoms with Crippen molar-refractivity contribution in [3.8, 4) is 0 Å². The van der Waals surface area contributed by atoms with Crippen LogP contribution >= 0.6 is 0 Å². The van der Waals surface area contributed by atoms with E-state index in [4.69, 9.17) is 37.9 Å². The van der Waals surface area contributed by atoms with Crippen LogP contribution in [0.15, 0.2) is 42.5 Å². The van der Waals surface area contributed by atoms with Crippen molar-refractivity contribution in [3.05, 3.63) is 48.0 Å². The number of hydrogen-bond donors (Lipinski definition) is 0. The molecular formula is C63H112O14. The number of hydrogen-bond acceptors (Lipinski definition) is 14. The third kappa shape index (κ3) is 40.4. The highest BCUT2D eigenvalue weighted by Crippen LogP contribution is 2.61. The summed E-state index contributed by atoms with van der Waals surface area (Å²) in [5, 5.41) is 0. The molecule has 9 rings (SSSR count). The average Bonchev–Trinajstić information content (AvgIpc) is 3.85. The molecule has 0 N–H and O–H groups in total. The Bertz CT molecular complexity index is 1620. The predicted octanol–water partition coefficient (Wildman–Crippen LogP) is 13.8. The Morgan fingerprint density at radius 2 is 1.18 bits per heavy atom. The summed E-state index contributed by atoms with van der Waals surface area (Å²) in [5.41, 5.74) is 1.28. The lowest BCUT2D eigenvalue weighted by atomic mass is 9.48. The van der Waals surface area contributed by atoms with Gasteiger partial charge in [0.15, 0.2) is 0 Å². The third-order valence-corrected chi connectivity index (χ3v) is 13.8. The van der Waals surface area contributed by atoms with E-state index in [-0.39, 0.29) is 35.6 Å². The fourth-order valence-electron chi connectivity index (χ4n) is 10.0. The van der Waals surface area contributed by atoms with E-state index in [1.807, 2.05) is 79.0 Å². The minimum Gasteiger partial charge on any atom is -0.469 e. The van der Waals surface area contributed by atoms with Crippen molar-refractivity contribution >= 4 is 23.9 Å². The van der Waals surface area contributed by atoms with E-state index in [1.54, 1.807) is 0 Å². The number of carbonyl (C=O) groups excluding carboxylic acids is 4. The van der Waals surface area contributed by atoms with Gasteiger partial charge in [-0.3, -0.25) is 19.2 Å². The van der Waals surface area contributed by atoms with Crippen LogP contribution in [0.3, 0.4) is 0 Å². The minimum absolute atomic E-state index is 0.0255. The first kappa shape index (κ1) is 73.6. The first-order valence-corrected chi connectivity index (χ1v) is 29.0. The molecular weight excluding hydrogens is 981 g/mol. The fourth-order valence-corrected chi connectivity index (χ4v) is 10.0. The maximum absolute atomic E-state index is 10.4. The summed E-state index contributed by atoms with van der Waals surface area (Å²) in [6.45, 7) is 34.5. The number of allylic oxidation sites excluding steroid dienone is 1. The van der Waals surface area contributed by atoms with Gasteiger partial charge in [-0.05, 0) is 194 Å². The number of ether oxygens (including phenoxy) is 10. The van der Waals surface area contributed by atoms with Gasteiger partial charge in [-0.1, -0.05) is 56.3 Å². The van der Waals surface area contributed by atoms with Gasteiger partial charge in [0.2, 0.25) is 0 Å². The van der Waals surface area contributed by atoms with Crippen LogP contribution in [0.4, 0.5) is 0 Å². The Balaban J connectivity index is 0.000000861. The van der Waals surface area contributed by atoms with E-state index < -0.39 is 0 Å². The van der Waals surface area contributed by atoms with E-state index in [0.717, 1.165) is 62.8 Å². The van der Waals surface area contributed by atoms with Crippen LogP contribution in [0.5, 0.6) is 0 Å². The lowest BCUT2D eigenvalue weighted by molar-refractivity contribution is -0.152. The van der Waals surface area contributed by atoms with Gasteiger partial charge in [0, 0.05) is 48.0 Å². The van der Waals surface area contributed by atoms with Crippen LogP contribution in [0.2, 0.25) is 0 Å². The highest BCUT2D eigenvalue weighted by Gasteiger charge is 2.53. The zero-order valence-corrected chi connectivity index (χ0v) is 51.7. The molecule has 0 amide bonds.